The maximum atomic E-state index is 2.48. The SMILES string of the molecule is CCC1C[C@@H]2CCC(CC1C)C2. The Bertz CT molecular complexity index is 150. The Morgan fingerprint density at radius 1 is 1.00 bits per heavy atom. The van der Waals surface area contributed by atoms with Gasteiger partial charge in [-0.1, -0.05) is 33.1 Å². The smallest absolute Gasteiger partial charge is 0.0388 e. The Morgan fingerprint density at radius 3 is 2.33 bits per heavy atom. The average molecular weight is 166 g/mol. The van der Waals surface area contributed by atoms with Gasteiger partial charge in [-0.05, 0) is 42.9 Å². The van der Waals surface area contributed by atoms with Crippen molar-refractivity contribution in [1.82, 2.24) is 0 Å². The minimum atomic E-state index is 1.02. The maximum absolute atomic E-state index is 2.48. The summed E-state index contributed by atoms with van der Waals surface area (Å²) in [4.78, 5) is 0. The van der Waals surface area contributed by atoms with Crippen molar-refractivity contribution < 1.29 is 0 Å². The van der Waals surface area contributed by atoms with Gasteiger partial charge in [-0.25, -0.2) is 0 Å². The van der Waals surface area contributed by atoms with E-state index in [0.717, 1.165) is 23.7 Å². The molecular formula is C12H22. The van der Waals surface area contributed by atoms with Crippen LogP contribution in [-0.4, -0.2) is 0 Å². The van der Waals surface area contributed by atoms with Gasteiger partial charge in [0.05, 0.1) is 0 Å². The van der Waals surface area contributed by atoms with E-state index in [-0.39, 0.29) is 0 Å². The van der Waals surface area contributed by atoms with Crippen LogP contribution in [0.25, 0.3) is 0 Å². The van der Waals surface area contributed by atoms with E-state index in [4.69, 9.17) is 0 Å². The Balaban J connectivity index is 2.02. The van der Waals surface area contributed by atoms with Gasteiger partial charge >= 0.3 is 0 Å². The van der Waals surface area contributed by atoms with Crippen molar-refractivity contribution in [3.63, 3.8) is 0 Å². The number of rotatable bonds is 1. The van der Waals surface area contributed by atoms with Crippen LogP contribution in [0.15, 0.2) is 0 Å². The highest BCUT2D eigenvalue weighted by Gasteiger charge is 2.33. The molecule has 0 aliphatic heterocycles. The number of hydrogen-bond donors (Lipinski definition) is 0. The zero-order valence-electron chi connectivity index (χ0n) is 8.55. The largest absolute Gasteiger partial charge is 0.0651 e. The van der Waals surface area contributed by atoms with E-state index in [9.17, 15) is 0 Å². The van der Waals surface area contributed by atoms with Crippen LogP contribution in [0.3, 0.4) is 0 Å². The molecule has 0 aromatic rings. The van der Waals surface area contributed by atoms with E-state index in [2.05, 4.69) is 13.8 Å². The fourth-order valence-corrected chi connectivity index (χ4v) is 3.55. The number of hydrogen-bond acceptors (Lipinski definition) is 0. The molecule has 0 spiro atoms. The van der Waals surface area contributed by atoms with Crippen LogP contribution in [-0.2, 0) is 0 Å². The van der Waals surface area contributed by atoms with Gasteiger partial charge in [0.1, 0.15) is 0 Å². The van der Waals surface area contributed by atoms with Crippen molar-refractivity contribution in [3.05, 3.63) is 0 Å². The molecule has 2 fully saturated rings. The molecule has 0 heteroatoms. The quantitative estimate of drug-likeness (QED) is 0.555. The van der Waals surface area contributed by atoms with Gasteiger partial charge in [0.15, 0.2) is 0 Å². The van der Waals surface area contributed by atoms with Crippen molar-refractivity contribution in [2.75, 3.05) is 0 Å². The molecule has 0 aromatic carbocycles. The number of fused-ring (bicyclic) bond motifs is 2. The summed E-state index contributed by atoms with van der Waals surface area (Å²) in [6, 6.07) is 0. The zero-order valence-corrected chi connectivity index (χ0v) is 8.55. The van der Waals surface area contributed by atoms with Crippen molar-refractivity contribution >= 4 is 0 Å². The van der Waals surface area contributed by atoms with E-state index >= 15 is 0 Å². The predicted molar refractivity (Wildman–Crippen MR) is 53.0 cm³/mol. The fourth-order valence-electron chi connectivity index (χ4n) is 3.55. The molecule has 0 nitrogen and oxygen atoms in total. The van der Waals surface area contributed by atoms with Gasteiger partial charge < -0.3 is 0 Å². The van der Waals surface area contributed by atoms with Gasteiger partial charge in [-0.15, -0.1) is 0 Å². The van der Waals surface area contributed by atoms with Crippen LogP contribution in [0.1, 0.15) is 52.4 Å². The minimum absolute atomic E-state index is 1.02. The van der Waals surface area contributed by atoms with Crippen LogP contribution in [0, 0.1) is 23.7 Å². The third kappa shape index (κ3) is 1.53. The summed E-state index contributed by atoms with van der Waals surface area (Å²) < 4.78 is 0. The first-order chi connectivity index (χ1) is 5.79. The van der Waals surface area contributed by atoms with E-state index < -0.39 is 0 Å². The van der Waals surface area contributed by atoms with Gasteiger partial charge in [0.2, 0.25) is 0 Å². The summed E-state index contributed by atoms with van der Waals surface area (Å²) >= 11 is 0. The first kappa shape index (κ1) is 8.59. The third-order valence-corrected chi connectivity index (χ3v) is 4.32. The zero-order chi connectivity index (χ0) is 8.55. The first-order valence-electron chi connectivity index (χ1n) is 5.79. The Morgan fingerprint density at radius 2 is 1.67 bits per heavy atom. The molecule has 0 heterocycles. The molecule has 0 radical (unpaired) electrons. The highest BCUT2D eigenvalue weighted by atomic mass is 14.4. The van der Waals surface area contributed by atoms with Gasteiger partial charge in [0.25, 0.3) is 0 Å². The van der Waals surface area contributed by atoms with Crippen LogP contribution >= 0.6 is 0 Å². The molecular weight excluding hydrogens is 144 g/mol. The van der Waals surface area contributed by atoms with Crippen molar-refractivity contribution in [2.45, 2.75) is 52.4 Å². The fraction of sp³-hybridized carbons (Fsp3) is 1.00. The van der Waals surface area contributed by atoms with E-state index in [1.807, 2.05) is 0 Å². The Kier molecular flexibility index (Phi) is 2.43. The van der Waals surface area contributed by atoms with Gasteiger partial charge in [-0.2, -0.15) is 0 Å². The van der Waals surface area contributed by atoms with Crippen molar-refractivity contribution in [3.8, 4) is 0 Å². The highest BCUT2D eigenvalue weighted by molar-refractivity contribution is 4.84. The molecule has 4 atom stereocenters. The summed E-state index contributed by atoms with van der Waals surface area (Å²) in [6.07, 6.45) is 9.17. The van der Waals surface area contributed by atoms with E-state index in [1.54, 1.807) is 25.7 Å². The molecule has 0 saturated heterocycles. The summed E-state index contributed by atoms with van der Waals surface area (Å²) in [5.74, 6) is 4.30. The van der Waals surface area contributed by atoms with E-state index in [1.165, 1.54) is 12.8 Å². The Hall–Kier alpha value is 0. The topological polar surface area (TPSA) is 0 Å². The summed E-state index contributed by atoms with van der Waals surface area (Å²) in [7, 11) is 0. The summed E-state index contributed by atoms with van der Waals surface area (Å²) in [5.41, 5.74) is 0. The molecule has 2 rings (SSSR count). The molecule has 2 saturated carbocycles. The highest BCUT2D eigenvalue weighted by Crippen LogP contribution is 2.45. The van der Waals surface area contributed by atoms with Crippen LogP contribution in [0.2, 0.25) is 0 Å². The molecule has 0 aromatic heterocycles. The van der Waals surface area contributed by atoms with Crippen LogP contribution in [0.5, 0.6) is 0 Å². The lowest BCUT2D eigenvalue weighted by atomic mass is 9.81. The van der Waals surface area contributed by atoms with Gasteiger partial charge in [-0.3, -0.25) is 0 Å². The molecule has 2 aliphatic rings. The van der Waals surface area contributed by atoms with E-state index in [0.29, 0.717) is 0 Å². The monoisotopic (exact) mass is 166 g/mol. The van der Waals surface area contributed by atoms with Crippen LogP contribution in [0.4, 0.5) is 0 Å². The van der Waals surface area contributed by atoms with Crippen molar-refractivity contribution in [2.24, 2.45) is 23.7 Å². The second-order valence-corrected chi connectivity index (χ2v) is 5.16. The standard InChI is InChI=1S/C12H22/c1-3-12-8-11-5-4-10(7-11)6-9(12)2/h9-12H,3-8H2,1-2H3/t9?,10?,11-,12?/m1/s1. The summed E-state index contributed by atoms with van der Waals surface area (Å²) in [5, 5.41) is 0. The van der Waals surface area contributed by atoms with Crippen LogP contribution < -0.4 is 0 Å². The predicted octanol–water partition coefficient (Wildman–Crippen LogP) is 3.86. The van der Waals surface area contributed by atoms with Gasteiger partial charge in [0, 0.05) is 0 Å². The first-order valence-corrected chi connectivity index (χ1v) is 5.79. The molecule has 2 bridgehead atoms. The Labute approximate surface area is 76.7 Å². The molecule has 2 aliphatic carbocycles. The normalized spacial score (nSPS) is 47.5. The average Bonchev–Trinajstić information content (AvgIpc) is 2.39. The molecule has 12 heavy (non-hydrogen) atoms. The third-order valence-electron chi connectivity index (χ3n) is 4.32. The summed E-state index contributed by atoms with van der Waals surface area (Å²) in [6.45, 7) is 4.86. The van der Waals surface area contributed by atoms with Crippen molar-refractivity contribution in [1.29, 1.82) is 0 Å². The minimum Gasteiger partial charge on any atom is -0.0651 e. The molecule has 70 valence electrons. The maximum Gasteiger partial charge on any atom is -0.0388 e. The lowest BCUT2D eigenvalue weighted by Crippen LogP contribution is -2.14. The molecule has 3 unspecified atom stereocenters. The second-order valence-electron chi connectivity index (χ2n) is 5.16. The molecule has 0 N–H and O–H groups in total. The molecule has 0 amide bonds. The second kappa shape index (κ2) is 3.40. The lowest BCUT2D eigenvalue weighted by molar-refractivity contribution is 0.265. The lowest BCUT2D eigenvalue weighted by Gasteiger charge is -2.24.